The van der Waals surface area contributed by atoms with Crippen LogP contribution in [0.5, 0.6) is 0 Å². The molecule has 3 atom stereocenters. The van der Waals surface area contributed by atoms with Crippen LogP contribution in [0.4, 0.5) is 10.1 Å². The Hall–Kier alpha value is -1.17. The maximum Gasteiger partial charge on any atom is 0.245 e. The summed E-state index contributed by atoms with van der Waals surface area (Å²) in [6, 6.07) is 4.67. The molecule has 2 fully saturated rings. The third-order valence-corrected chi connectivity index (χ3v) is 5.49. The van der Waals surface area contributed by atoms with E-state index >= 15 is 0 Å². The molecule has 0 radical (unpaired) electrons. The van der Waals surface area contributed by atoms with Gasteiger partial charge in [0.25, 0.3) is 0 Å². The van der Waals surface area contributed by atoms with Gasteiger partial charge in [-0.3, -0.25) is 4.79 Å². The zero-order valence-electron chi connectivity index (χ0n) is 13.7. The molecule has 2 aliphatic rings. The van der Waals surface area contributed by atoms with Crippen molar-refractivity contribution in [2.45, 2.75) is 45.3 Å². The summed E-state index contributed by atoms with van der Waals surface area (Å²) in [6.07, 6.45) is 1.83. The molecule has 4 nitrogen and oxygen atoms in total. The van der Waals surface area contributed by atoms with Crippen molar-refractivity contribution in [3.05, 3.63) is 29.6 Å². The first-order valence-electron chi connectivity index (χ1n) is 7.76. The molecule has 1 aromatic carbocycles. The largest absolute Gasteiger partial charge is 0.377 e. The van der Waals surface area contributed by atoms with Crippen LogP contribution in [-0.4, -0.2) is 24.2 Å². The molecule has 1 heterocycles. The average Bonchev–Trinajstić information content (AvgIpc) is 2.50. The molecule has 3 N–H and O–H groups in total. The fourth-order valence-electron chi connectivity index (χ4n) is 3.94. The van der Waals surface area contributed by atoms with Crippen LogP contribution in [0.1, 0.15) is 32.3 Å². The molecule has 0 spiro atoms. The number of halogens is 2. The van der Waals surface area contributed by atoms with Gasteiger partial charge in [-0.1, -0.05) is 19.9 Å². The van der Waals surface area contributed by atoms with Crippen LogP contribution in [0.3, 0.4) is 0 Å². The van der Waals surface area contributed by atoms with Gasteiger partial charge in [0.05, 0.1) is 6.10 Å². The number of hydrogen-bond acceptors (Lipinski definition) is 3. The Kier molecular flexibility index (Phi) is 4.77. The Balaban J connectivity index is 0.00000192. The third kappa shape index (κ3) is 2.55. The molecule has 1 amide bonds. The quantitative estimate of drug-likeness (QED) is 0.868. The van der Waals surface area contributed by atoms with E-state index in [9.17, 15) is 9.18 Å². The maximum absolute atomic E-state index is 13.6. The van der Waals surface area contributed by atoms with Gasteiger partial charge in [0.15, 0.2) is 0 Å². The van der Waals surface area contributed by atoms with Gasteiger partial charge in [-0.15, -0.1) is 12.4 Å². The van der Waals surface area contributed by atoms with E-state index in [1.807, 2.05) is 13.8 Å². The van der Waals surface area contributed by atoms with Crippen LogP contribution < -0.4 is 11.1 Å². The molecule has 23 heavy (non-hydrogen) atoms. The van der Waals surface area contributed by atoms with Crippen LogP contribution in [0.25, 0.3) is 0 Å². The molecule has 0 aromatic heterocycles. The molecular formula is C17H24ClFN2O2. The Labute approximate surface area is 142 Å². The molecule has 1 aliphatic heterocycles. The minimum Gasteiger partial charge on any atom is -0.377 e. The predicted molar refractivity (Wildman–Crippen MR) is 90.2 cm³/mol. The highest BCUT2D eigenvalue weighted by atomic mass is 35.5. The number of aryl methyl sites for hydroxylation is 1. The number of benzene rings is 1. The summed E-state index contributed by atoms with van der Waals surface area (Å²) in [6.45, 7) is 6.35. The fourth-order valence-corrected chi connectivity index (χ4v) is 3.94. The van der Waals surface area contributed by atoms with Gasteiger partial charge in [0.2, 0.25) is 5.91 Å². The van der Waals surface area contributed by atoms with Gasteiger partial charge in [-0.25, -0.2) is 4.39 Å². The molecule has 1 saturated heterocycles. The molecule has 6 heteroatoms. The number of rotatable bonds is 2. The first-order valence-corrected chi connectivity index (χ1v) is 7.76. The van der Waals surface area contributed by atoms with Gasteiger partial charge in [0, 0.05) is 23.6 Å². The Morgan fingerprint density at radius 1 is 1.43 bits per heavy atom. The summed E-state index contributed by atoms with van der Waals surface area (Å²) < 4.78 is 19.4. The predicted octanol–water partition coefficient (Wildman–Crippen LogP) is 3.03. The van der Waals surface area contributed by atoms with Crippen molar-refractivity contribution in [1.82, 2.24) is 0 Å². The average molecular weight is 343 g/mol. The van der Waals surface area contributed by atoms with Crippen LogP contribution in [-0.2, 0) is 9.53 Å². The topological polar surface area (TPSA) is 64.4 Å². The van der Waals surface area contributed by atoms with E-state index in [1.165, 1.54) is 6.07 Å². The maximum atomic E-state index is 13.6. The smallest absolute Gasteiger partial charge is 0.245 e. The number of carbonyl (C=O) groups is 1. The standard InChI is InChI=1S/C17H23FN2O2.ClH/c1-10-6-7-11(9-13(10)18)20-15(21)17(19)12-5-4-8-22-14(12)16(17,2)3;/h6-7,9,12,14H,4-5,8,19H2,1-3H3,(H,20,21);1H. The van der Waals surface area contributed by atoms with Crippen molar-refractivity contribution in [1.29, 1.82) is 0 Å². The molecule has 128 valence electrons. The highest BCUT2D eigenvalue weighted by Crippen LogP contribution is 2.57. The highest BCUT2D eigenvalue weighted by Gasteiger charge is 2.70. The molecule has 3 rings (SSSR count). The Morgan fingerprint density at radius 2 is 2.13 bits per heavy atom. The van der Waals surface area contributed by atoms with Crippen LogP contribution in [0.2, 0.25) is 0 Å². The molecule has 1 aliphatic carbocycles. The number of fused-ring (bicyclic) bond motifs is 1. The lowest BCUT2D eigenvalue weighted by Gasteiger charge is -2.65. The molecule has 1 saturated carbocycles. The molecular weight excluding hydrogens is 319 g/mol. The van der Waals surface area contributed by atoms with Gasteiger partial charge in [-0.05, 0) is 37.5 Å². The number of anilines is 1. The lowest BCUT2D eigenvalue weighted by Crippen LogP contribution is -2.81. The number of nitrogens with two attached hydrogens (primary N) is 1. The molecule has 3 unspecified atom stereocenters. The van der Waals surface area contributed by atoms with Crippen molar-refractivity contribution in [3.8, 4) is 0 Å². The van der Waals surface area contributed by atoms with Crippen molar-refractivity contribution < 1.29 is 13.9 Å². The summed E-state index contributed by atoms with van der Waals surface area (Å²) >= 11 is 0. The Morgan fingerprint density at radius 3 is 2.78 bits per heavy atom. The van der Waals surface area contributed by atoms with Crippen LogP contribution in [0.15, 0.2) is 18.2 Å². The van der Waals surface area contributed by atoms with Gasteiger partial charge < -0.3 is 15.8 Å². The summed E-state index contributed by atoms with van der Waals surface area (Å²) in [5.74, 6) is -0.574. The zero-order valence-corrected chi connectivity index (χ0v) is 14.5. The van der Waals surface area contributed by atoms with E-state index in [-0.39, 0.29) is 36.2 Å². The first-order chi connectivity index (χ1) is 10.3. The van der Waals surface area contributed by atoms with Crippen LogP contribution in [0, 0.1) is 24.1 Å². The SMILES string of the molecule is Cc1ccc(NC(=O)C2(N)C3CCCOC3C2(C)C)cc1F.Cl. The summed E-state index contributed by atoms with van der Waals surface area (Å²) in [5.41, 5.74) is 6.07. The van der Waals surface area contributed by atoms with E-state index in [4.69, 9.17) is 10.5 Å². The van der Waals surface area contributed by atoms with E-state index in [1.54, 1.807) is 19.1 Å². The second-order valence-corrected chi connectivity index (χ2v) is 7.05. The number of nitrogens with one attached hydrogen (secondary N) is 1. The van der Waals surface area contributed by atoms with Crippen molar-refractivity contribution in [3.63, 3.8) is 0 Å². The molecule has 1 aromatic rings. The van der Waals surface area contributed by atoms with E-state index in [0.717, 1.165) is 19.4 Å². The lowest BCUT2D eigenvalue weighted by molar-refractivity contribution is -0.222. The highest BCUT2D eigenvalue weighted by molar-refractivity contribution is 6.00. The van der Waals surface area contributed by atoms with Gasteiger partial charge in [0.1, 0.15) is 11.4 Å². The summed E-state index contributed by atoms with van der Waals surface area (Å²) in [4.78, 5) is 12.8. The fraction of sp³-hybridized carbons (Fsp3) is 0.588. The number of amides is 1. The monoisotopic (exact) mass is 342 g/mol. The second kappa shape index (κ2) is 6.04. The number of ether oxygens (including phenoxy) is 1. The van der Waals surface area contributed by atoms with Crippen molar-refractivity contribution >= 4 is 24.0 Å². The van der Waals surface area contributed by atoms with E-state index in [0.29, 0.717) is 11.3 Å². The third-order valence-electron chi connectivity index (χ3n) is 5.49. The lowest BCUT2D eigenvalue weighted by atomic mass is 9.46. The second-order valence-electron chi connectivity index (χ2n) is 7.05. The van der Waals surface area contributed by atoms with E-state index < -0.39 is 11.0 Å². The normalized spacial score (nSPS) is 31.3. The van der Waals surface area contributed by atoms with Crippen molar-refractivity contribution in [2.75, 3.05) is 11.9 Å². The summed E-state index contributed by atoms with van der Waals surface area (Å²) in [5, 5.41) is 2.78. The minimum absolute atomic E-state index is 0. The first kappa shape index (κ1) is 18.2. The van der Waals surface area contributed by atoms with E-state index in [2.05, 4.69) is 5.32 Å². The summed E-state index contributed by atoms with van der Waals surface area (Å²) in [7, 11) is 0. The number of carbonyl (C=O) groups excluding carboxylic acids is 1. The zero-order chi connectivity index (χ0) is 16.1. The Bertz CT molecular complexity index is 623. The van der Waals surface area contributed by atoms with Gasteiger partial charge >= 0.3 is 0 Å². The molecule has 0 bridgehead atoms. The van der Waals surface area contributed by atoms with Crippen LogP contribution >= 0.6 is 12.4 Å². The van der Waals surface area contributed by atoms with Gasteiger partial charge in [-0.2, -0.15) is 0 Å². The number of hydrogen-bond donors (Lipinski definition) is 2. The van der Waals surface area contributed by atoms with Crippen molar-refractivity contribution in [2.24, 2.45) is 17.1 Å². The minimum atomic E-state index is -0.987.